The van der Waals surface area contributed by atoms with Gasteiger partial charge in [-0.25, -0.2) is 4.79 Å². The molecular formula is C12H18N2O2. The van der Waals surface area contributed by atoms with Gasteiger partial charge in [-0.1, -0.05) is 37.3 Å². The SMILES string of the molecule is CC[C@H](CN)NC(=O)OCc1ccccc1. The van der Waals surface area contributed by atoms with Gasteiger partial charge in [0.1, 0.15) is 6.61 Å². The number of nitrogens with one attached hydrogen (secondary N) is 1. The van der Waals surface area contributed by atoms with E-state index in [0.29, 0.717) is 6.54 Å². The molecule has 4 nitrogen and oxygen atoms in total. The van der Waals surface area contributed by atoms with Crippen molar-refractivity contribution in [1.82, 2.24) is 5.32 Å². The minimum absolute atomic E-state index is 0.0109. The molecule has 0 saturated heterocycles. The number of amides is 1. The van der Waals surface area contributed by atoms with E-state index >= 15 is 0 Å². The van der Waals surface area contributed by atoms with Crippen molar-refractivity contribution >= 4 is 6.09 Å². The van der Waals surface area contributed by atoms with E-state index in [1.54, 1.807) is 0 Å². The Kier molecular flexibility index (Phi) is 5.36. The first-order valence-electron chi connectivity index (χ1n) is 5.43. The fraction of sp³-hybridized carbons (Fsp3) is 0.417. The number of rotatable bonds is 5. The molecule has 16 heavy (non-hydrogen) atoms. The molecule has 0 saturated carbocycles. The fourth-order valence-corrected chi connectivity index (χ4v) is 1.26. The molecule has 1 aromatic carbocycles. The quantitative estimate of drug-likeness (QED) is 0.796. The van der Waals surface area contributed by atoms with Crippen molar-refractivity contribution < 1.29 is 9.53 Å². The topological polar surface area (TPSA) is 64.3 Å². The Morgan fingerprint density at radius 2 is 2.12 bits per heavy atom. The average Bonchev–Trinajstić information content (AvgIpc) is 2.34. The first kappa shape index (κ1) is 12.5. The smallest absolute Gasteiger partial charge is 0.407 e. The van der Waals surface area contributed by atoms with E-state index in [9.17, 15) is 4.79 Å². The third-order valence-corrected chi connectivity index (χ3v) is 2.31. The number of nitrogens with two attached hydrogens (primary N) is 1. The zero-order valence-electron chi connectivity index (χ0n) is 9.48. The second-order valence-electron chi connectivity index (χ2n) is 3.55. The van der Waals surface area contributed by atoms with Gasteiger partial charge in [0.2, 0.25) is 0 Å². The highest BCUT2D eigenvalue weighted by atomic mass is 16.5. The Morgan fingerprint density at radius 3 is 2.69 bits per heavy atom. The lowest BCUT2D eigenvalue weighted by molar-refractivity contribution is 0.135. The first-order chi connectivity index (χ1) is 7.76. The van der Waals surface area contributed by atoms with Gasteiger partial charge < -0.3 is 15.8 Å². The minimum atomic E-state index is -0.416. The van der Waals surface area contributed by atoms with Crippen LogP contribution < -0.4 is 11.1 Å². The Hall–Kier alpha value is -1.55. The lowest BCUT2D eigenvalue weighted by Gasteiger charge is -2.14. The van der Waals surface area contributed by atoms with Crippen molar-refractivity contribution in [3.63, 3.8) is 0 Å². The molecule has 1 amide bonds. The Bertz CT molecular complexity index is 310. The lowest BCUT2D eigenvalue weighted by Crippen LogP contribution is -2.39. The number of alkyl carbamates (subject to hydrolysis) is 1. The molecule has 0 aliphatic carbocycles. The van der Waals surface area contributed by atoms with Crippen molar-refractivity contribution in [2.45, 2.75) is 26.0 Å². The molecule has 1 atom stereocenters. The zero-order chi connectivity index (χ0) is 11.8. The highest BCUT2D eigenvalue weighted by Crippen LogP contribution is 2.00. The molecule has 0 bridgehead atoms. The summed E-state index contributed by atoms with van der Waals surface area (Å²) >= 11 is 0. The predicted molar refractivity (Wildman–Crippen MR) is 62.9 cm³/mol. The van der Waals surface area contributed by atoms with Crippen LogP contribution in [0.2, 0.25) is 0 Å². The molecule has 0 heterocycles. The Labute approximate surface area is 95.8 Å². The van der Waals surface area contributed by atoms with Crippen LogP contribution in [0.1, 0.15) is 18.9 Å². The summed E-state index contributed by atoms with van der Waals surface area (Å²) in [5.74, 6) is 0. The molecular weight excluding hydrogens is 204 g/mol. The second kappa shape index (κ2) is 6.85. The number of hydrogen-bond acceptors (Lipinski definition) is 3. The predicted octanol–water partition coefficient (Wildman–Crippen LogP) is 1.65. The van der Waals surface area contributed by atoms with Gasteiger partial charge in [0, 0.05) is 12.6 Å². The first-order valence-corrected chi connectivity index (χ1v) is 5.43. The van der Waals surface area contributed by atoms with Crippen LogP contribution in [-0.4, -0.2) is 18.7 Å². The minimum Gasteiger partial charge on any atom is -0.445 e. The average molecular weight is 222 g/mol. The van der Waals surface area contributed by atoms with E-state index in [-0.39, 0.29) is 12.6 Å². The molecule has 1 rings (SSSR count). The van der Waals surface area contributed by atoms with Gasteiger partial charge in [-0.3, -0.25) is 0 Å². The van der Waals surface area contributed by atoms with Crippen LogP contribution in [0.4, 0.5) is 4.79 Å². The van der Waals surface area contributed by atoms with Crippen LogP contribution in [0.15, 0.2) is 30.3 Å². The highest BCUT2D eigenvalue weighted by molar-refractivity contribution is 5.67. The molecule has 0 spiro atoms. The van der Waals surface area contributed by atoms with Crippen LogP contribution in [0.25, 0.3) is 0 Å². The van der Waals surface area contributed by atoms with Gasteiger partial charge in [0.25, 0.3) is 0 Å². The summed E-state index contributed by atoms with van der Waals surface area (Å²) in [5.41, 5.74) is 6.44. The maximum Gasteiger partial charge on any atom is 0.407 e. The Balaban J connectivity index is 2.30. The van der Waals surface area contributed by atoms with Crippen LogP contribution in [-0.2, 0) is 11.3 Å². The van der Waals surface area contributed by atoms with Gasteiger partial charge in [0.15, 0.2) is 0 Å². The van der Waals surface area contributed by atoms with Crippen molar-refractivity contribution in [2.24, 2.45) is 5.73 Å². The largest absolute Gasteiger partial charge is 0.445 e. The maximum absolute atomic E-state index is 11.4. The van der Waals surface area contributed by atoms with E-state index < -0.39 is 6.09 Å². The van der Waals surface area contributed by atoms with E-state index in [0.717, 1.165) is 12.0 Å². The van der Waals surface area contributed by atoms with Crippen molar-refractivity contribution in [3.05, 3.63) is 35.9 Å². The number of carbonyl (C=O) groups excluding carboxylic acids is 1. The molecule has 0 unspecified atom stereocenters. The van der Waals surface area contributed by atoms with Gasteiger partial charge in [0.05, 0.1) is 0 Å². The standard InChI is InChI=1S/C12H18N2O2/c1-2-11(8-13)14-12(15)16-9-10-6-4-3-5-7-10/h3-7,11H,2,8-9,13H2,1H3,(H,14,15)/t11-/m1/s1. The van der Waals surface area contributed by atoms with Crippen molar-refractivity contribution in [3.8, 4) is 0 Å². The van der Waals surface area contributed by atoms with Crippen molar-refractivity contribution in [1.29, 1.82) is 0 Å². The molecule has 88 valence electrons. The molecule has 0 aliphatic heterocycles. The molecule has 3 N–H and O–H groups in total. The summed E-state index contributed by atoms with van der Waals surface area (Å²) < 4.78 is 5.06. The second-order valence-corrected chi connectivity index (χ2v) is 3.55. The van der Waals surface area contributed by atoms with Gasteiger partial charge in [-0.15, -0.1) is 0 Å². The monoisotopic (exact) mass is 222 g/mol. The molecule has 0 fully saturated rings. The van der Waals surface area contributed by atoms with Gasteiger partial charge >= 0.3 is 6.09 Å². The Morgan fingerprint density at radius 1 is 1.44 bits per heavy atom. The summed E-state index contributed by atoms with van der Waals surface area (Å²) in [6, 6.07) is 9.55. The molecule has 0 aromatic heterocycles. The summed E-state index contributed by atoms with van der Waals surface area (Å²) in [6.45, 7) is 2.68. The lowest BCUT2D eigenvalue weighted by atomic mass is 10.2. The third-order valence-electron chi connectivity index (χ3n) is 2.31. The third kappa shape index (κ3) is 4.31. The number of benzene rings is 1. The van der Waals surface area contributed by atoms with E-state index in [2.05, 4.69) is 5.32 Å². The van der Waals surface area contributed by atoms with E-state index in [4.69, 9.17) is 10.5 Å². The van der Waals surface area contributed by atoms with Crippen molar-refractivity contribution in [2.75, 3.05) is 6.54 Å². The summed E-state index contributed by atoms with van der Waals surface area (Å²) in [5, 5.41) is 2.70. The number of hydrogen-bond donors (Lipinski definition) is 2. The van der Waals surface area contributed by atoms with Gasteiger partial charge in [-0.05, 0) is 12.0 Å². The summed E-state index contributed by atoms with van der Waals surface area (Å²) in [6.07, 6.45) is 0.387. The molecule has 4 heteroatoms. The number of ether oxygens (including phenoxy) is 1. The maximum atomic E-state index is 11.4. The van der Waals surface area contributed by atoms with E-state index in [1.807, 2.05) is 37.3 Å². The zero-order valence-corrected chi connectivity index (χ0v) is 9.48. The molecule has 1 aromatic rings. The normalized spacial score (nSPS) is 11.9. The van der Waals surface area contributed by atoms with Crippen LogP contribution >= 0.6 is 0 Å². The number of carbonyl (C=O) groups is 1. The fourth-order valence-electron chi connectivity index (χ4n) is 1.26. The van der Waals surface area contributed by atoms with E-state index in [1.165, 1.54) is 0 Å². The summed E-state index contributed by atoms with van der Waals surface area (Å²) in [4.78, 5) is 11.4. The van der Waals surface area contributed by atoms with Crippen LogP contribution in [0.3, 0.4) is 0 Å². The molecule has 0 radical (unpaired) electrons. The summed E-state index contributed by atoms with van der Waals surface area (Å²) in [7, 11) is 0. The molecule has 0 aliphatic rings. The van der Waals surface area contributed by atoms with Gasteiger partial charge in [-0.2, -0.15) is 0 Å². The van der Waals surface area contributed by atoms with Crippen LogP contribution in [0, 0.1) is 0 Å². The van der Waals surface area contributed by atoms with Crippen LogP contribution in [0.5, 0.6) is 0 Å². The highest BCUT2D eigenvalue weighted by Gasteiger charge is 2.08.